The Bertz CT molecular complexity index is 1010. The minimum Gasteiger partial charge on any atom is -0.462 e. The number of rotatable bonds is 34. The summed E-state index contributed by atoms with van der Waals surface area (Å²) in [5.74, 6) is -0.723. The van der Waals surface area contributed by atoms with Gasteiger partial charge in [0.05, 0.1) is 6.61 Å². The van der Waals surface area contributed by atoms with Crippen LogP contribution in [-0.4, -0.2) is 36.4 Å². The zero-order chi connectivity index (χ0) is 36.4. The molecule has 282 valence electrons. The summed E-state index contributed by atoms with van der Waals surface area (Å²) in [5.41, 5.74) is 0. The van der Waals surface area contributed by atoms with Crippen LogP contribution in [0.3, 0.4) is 0 Å². The molecule has 50 heavy (non-hydrogen) atoms. The highest BCUT2D eigenvalue weighted by atomic mass is 16.6. The normalized spacial score (nSPS) is 13.3. The van der Waals surface area contributed by atoms with Gasteiger partial charge in [0.15, 0.2) is 6.10 Å². The summed E-state index contributed by atoms with van der Waals surface area (Å²) < 4.78 is 10.5. The Kier molecular flexibility index (Phi) is 37.7. The molecule has 0 aliphatic carbocycles. The molecule has 1 N–H and O–H groups in total. The number of carbonyl (C=O) groups is 2. The molecule has 5 heteroatoms. The molecule has 0 amide bonds. The number of hydrogen-bond acceptors (Lipinski definition) is 5. The maximum absolute atomic E-state index is 12.2. The molecule has 0 fully saturated rings. The van der Waals surface area contributed by atoms with Crippen LogP contribution < -0.4 is 0 Å². The number of carbonyl (C=O) groups excluding carboxylic acids is 2. The van der Waals surface area contributed by atoms with Gasteiger partial charge >= 0.3 is 11.9 Å². The van der Waals surface area contributed by atoms with Gasteiger partial charge in [-0.15, -0.1) is 0 Å². The van der Waals surface area contributed by atoms with Crippen LogP contribution in [0.4, 0.5) is 0 Å². The molecular formula is C45H72O5. The molecule has 0 saturated carbocycles. The molecule has 0 rings (SSSR count). The Morgan fingerprint density at radius 1 is 0.460 bits per heavy atom. The van der Waals surface area contributed by atoms with Gasteiger partial charge in [0, 0.05) is 12.8 Å². The van der Waals surface area contributed by atoms with E-state index in [2.05, 4.69) is 98.9 Å². The summed E-state index contributed by atoms with van der Waals surface area (Å²) in [7, 11) is 0. The highest BCUT2D eigenvalue weighted by Gasteiger charge is 2.15. The monoisotopic (exact) mass is 693 g/mol. The zero-order valence-corrected chi connectivity index (χ0v) is 31.9. The number of ether oxygens (including phenoxy) is 2. The van der Waals surface area contributed by atoms with Crippen molar-refractivity contribution in [2.24, 2.45) is 0 Å². The molecule has 0 aromatic carbocycles. The maximum atomic E-state index is 12.2. The van der Waals surface area contributed by atoms with Crippen molar-refractivity contribution >= 4 is 11.9 Å². The lowest BCUT2D eigenvalue weighted by Crippen LogP contribution is -2.28. The van der Waals surface area contributed by atoms with E-state index >= 15 is 0 Å². The zero-order valence-electron chi connectivity index (χ0n) is 31.9. The van der Waals surface area contributed by atoms with Crippen LogP contribution in [0.5, 0.6) is 0 Å². The number of hydrogen-bond donors (Lipinski definition) is 1. The van der Waals surface area contributed by atoms with Crippen LogP contribution in [-0.2, 0) is 19.1 Å². The number of aliphatic hydroxyl groups is 1. The van der Waals surface area contributed by atoms with E-state index < -0.39 is 6.10 Å². The van der Waals surface area contributed by atoms with Crippen LogP contribution in [0, 0.1) is 0 Å². The van der Waals surface area contributed by atoms with Crippen LogP contribution >= 0.6 is 0 Å². The first-order valence-corrected chi connectivity index (χ1v) is 19.8. The lowest BCUT2D eigenvalue weighted by molar-refractivity contribution is -0.161. The quantitative estimate of drug-likeness (QED) is 0.0413. The van der Waals surface area contributed by atoms with Crippen molar-refractivity contribution in [1.29, 1.82) is 0 Å². The fraction of sp³-hybridized carbons (Fsp3) is 0.600. The second-order valence-electron chi connectivity index (χ2n) is 12.6. The minimum atomic E-state index is -0.819. The molecule has 0 saturated heterocycles. The van der Waals surface area contributed by atoms with Crippen LogP contribution in [0.1, 0.15) is 155 Å². The largest absolute Gasteiger partial charge is 0.462 e. The molecule has 1 atom stereocenters. The van der Waals surface area contributed by atoms with E-state index in [1.165, 1.54) is 51.4 Å². The summed E-state index contributed by atoms with van der Waals surface area (Å²) in [6.45, 7) is 3.97. The molecule has 0 heterocycles. The van der Waals surface area contributed by atoms with E-state index in [1.54, 1.807) is 0 Å². The van der Waals surface area contributed by atoms with Gasteiger partial charge in [-0.3, -0.25) is 9.59 Å². The molecule has 0 bridgehead atoms. The van der Waals surface area contributed by atoms with Crippen LogP contribution in [0.15, 0.2) is 97.2 Å². The number of unbranched alkanes of at least 4 members (excludes halogenated alkanes) is 10. The van der Waals surface area contributed by atoms with Crippen molar-refractivity contribution in [2.45, 2.75) is 161 Å². The average Bonchev–Trinajstić information content (AvgIpc) is 3.12. The van der Waals surface area contributed by atoms with Crippen molar-refractivity contribution in [1.82, 2.24) is 0 Å². The van der Waals surface area contributed by atoms with Gasteiger partial charge in [-0.25, -0.2) is 0 Å². The Morgan fingerprint density at radius 2 is 0.840 bits per heavy atom. The van der Waals surface area contributed by atoms with Crippen molar-refractivity contribution in [3.05, 3.63) is 97.2 Å². The third-order valence-corrected chi connectivity index (χ3v) is 7.86. The topological polar surface area (TPSA) is 72.8 Å². The van der Waals surface area contributed by atoms with Crippen LogP contribution in [0.25, 0.3) is 0 Å². The summed E-state index contributed by atoms with van der Waals surface area (Å²) in [6.07, 6.45) is 56.1. The lowest BCUT2D eigenvalue weighted by atomic mass is 10.1. The van der Waals surface area contributed by atoms with Crippen LogP contribution in [0.2, 0.25) is 0 Å². The minimum absolute atomic E-state index is 0.121. The third-order valence-electron chi connectivity index (χ3n) is 7.86. The summed E-state index contributed by atoms with van der Waals surface area (Å²) >= 11 is 0. The molecule has 1 unspecified atom stereocenters. The molecule has 0 aliphatic heterocycles. The van der Waals surface area contributed by atoms with Gasteiger partial charge in [0.25, 0.3) is 0 Å². The number of allylic oxidation sites excluding steroid dienone is 16. The lowest BCUT2D eigenvalue weighted by Gasteiger charge is -2.15. The van der Waals surface area contributed by atoms with Crippen molar-refractivity contribution in [3.8, 4) is 0 Å². The predicted molar refractivity (Wildman–Crippen MR) is 214 cm³/mol. The van der Waals surface area contributed by atoms with Gasteiger partial charge in [-0.1, -0.05) is 150 Å². The van der Waals surface area contributed by atoms with E-state index in [0.29, 0.717) is 12.8 Å². The number of esters is 2. The van der Waals surface area contributed by atoms with Crippen molar-refractivity contribution in [2.75, 3.05) is 13.2 Å². The summed E-state index contributed by atoms with van der Waals surface area (Å²) in [6, 6.07) is 0. The smallest absolute Gasteiger partial charge is 0.306 e. The Hall–Kier alpha value is -3.18. The second-order valence-corrected chi connectivity index (χ2v) is 12.6. The molecule has 0 radical (unpaired) electrons. The Balaban J connectivity index is 3.77. The maximum Gasteiger partial charge on any atom is 0.306 e. The predicted octanol–water partition coefficient (Wildman–Crippen LogP) is 12.5. The van der Waals surface area contributed by atoms with Gasteiger partial charge in [0.2, 0.25) is 0 Å². The number of aliphatic hydroxyl groups excluding tert-OH is 1. The molecule has 0 spiro atoms. The molecule has 0 aliphatic rings. The third kappa shape index (κ3) is 37.6. The Morgan fingerprint density at radius 3 is 1.26 bits per heavy atom. The highest BCUT2D eigenvalue weighted by Crippen LogP contribution is 2.09. The summed E-state index contributed by atoms with van der Waals surface area (Å²) in [5, 5.41) is 9.54. The first-order valence-electron chi connectivity index (χ1n) is 19.8. The van der Waals surface area contributed by atoms with Gasteiger partial charge in [0.1, 0.15) is 6.61 Å². The molecular weight excluding hydrogens is 620 g/mol. The molecule has 5 nitrogen and oxygen atoms in total. The summed E-state index contributed by atoms with van der Waals surface area (Å²) in [4.78, 5) is 24.2. The first kappa shape index (κ1) is 46.8. The first-order chi connectivity index (χ1) is 24.6. The van der Waals surface area contributed by atoms with E-state index in [4.69, 9.17) is 9.47 Å². The van der Waals surface area contributed by atoms with Crippen molar-refractivity contribution in [3.63, 3.8) is 0 Å². The molecule has 0 aromatic heterocycles. The SMILES string of the molecule is CCCCCC=CCC=CCC=CCC=CCC=CCCC(=O)OCC(CO)OC(=O)CCCCCCC=CCC=CCC=CCCCCC. The fourth-order valence-corrected chi connectivity index (χ4v) is 4.84. The van der Waals surface area contributed by atoms with E-state index in [-0.39, 0.29) is 31.6 Å². The van der Waals surface area contributed by atoms with Gasteiger partial charge in [-0.2, -0.15) is 0 Å². The fourth-order valence-electron chi connectivity index (χ4n) is 4.84. The molecule has 0 aromatic rings. The van der Waals surface area contributed by atoms with Crippen molar-refractivity contribution < 1.29 is 24.2 Å². The second kappa shape index (κ2) is 40.3. The van der Waals surface area contributed by atoms with E-state index in [9.17, 15) is 14.7 Å². The van der Waals surface area contributed by atoms with Gasteiger partial charge in [-0.05, 0) is 89.9 Å². The Labute approximate surface area is 307 Å². The standard InChI is InChI=1S/C45H72O5/c1-3-5-7-9-11-13-15-17-19-21-22-24-25-27-29-31-33-35-37-39-44(47)49-42-43(41-46)50-45(48)40-38-36-34-32-30-28-26-23-20-18-16-14-12-10-8-6-4-2/h11-14,17-20,22,24,26-29,33,35,43,46H,3-10,15-16,21,23,25,30-32,34,36-42H2,1-2H3. The average molecular weight is 693 g/mol. The van der Waals surface area contributed by atoms with Gasteiger partial charge < -0.3 is 14.6 Å². The van der Waals surface area contributed by atoms with E-state index in [1.807, 2.05) is 12.2 Å². The highest BCUT2D eigenvalue weighted by molar-refractivity contribution is 5.70. The van der Waals surface area contributed by atoms with E-state index in [0.717, 1.165) is 70.6 Å².